The molecule has 0 unspecified atom stereocenters. The molecule has 0 aliphatic carbocycles. The van der Waals surface area contributed by atoms with Crippen LogP contribution in [0.2, 0.25) is 5.02 Å². The quantitative estimate of drug-likeness (QED) is 0.770. The van der Waals surface area contributed by atoms with Crippen molar-refractivity contribution in [3.05, 3.63) is 53.2 Å². The molecular formula is C14H8ClNO3. The summed E-state index contributed by atoms with van der Waals surface area (Å²) in [7, 11) is 0. The Labute approximate surface area is 113 Å². The fourth-order valence-electron chi connectivity index (χ4n) is 1.94. The lowest BCUT2D eigenvalue weighted by atomic mass is 10.1. The van der Waals surface area contributed by atoms with Crippen molar-refractivity contribution in [3.8, 4) is 11.5 Å². The summed E-state index contributed by atoms with van der Waals surface area (Å²) in [5, 5.41) is 10.2. The van der Waals surface area contributed by atoms with Gasteiger partial charge in [-0.05, 0) is 24.3 Å². The highest BCUT2D eigenvalue weighted by molar-refractivity contribution is 6.35. The molecule has 0 atom stereocenters. The summed E-state index contributed by atoms with van der Waals surface area (Å²) < 4.78 is 5.24. The number of para-hydroxylation sites is 1. The number of halogens is 1. The highest BCUT2D eigenvalue weighted by Crippen LogP contribution is 2.29. The summed E-state index contributed by atoms with van der Waals surface area (Å²) in [4.78, 5) is 15.7. The number of carboxylic acids is 1. The van der Waals surface area contributed by atoms with Crippen LogP contribution in [0.15, 0.2) is 47.1 Å². The first-order valence-electron chi connectivity index (χ1n) is 5.53. The Bertz CT molecular complexity index is 766. The van der Waals surface area contributed by atoms with Gasteiger partial charge in [0.05, 0.1) is 22.4 Å². The largest absolute Gasteiger partial charge is 0.478 e. The van der Waals surface area contributed by atoms with Crippen LogP contribution >= 0.6 is 11.6 Å². The van der Waals surface area contributed by atoms with E-state index in [1.807, 2.05) is 0 Å². The van der Waals surface area contributed by atoms with Crippen molar-refractivity contribution in [2.45, 2.75) is 0 Å². The summed E-state index contributed by atoms with van der Waals surface area (Å²) >= 11 is 6.08. The topological polar surface area (TPSA) is 63.3 Å². The third-order valence-electron chi connectivity index (χ3n) is 2.79. The van der Waals surface area contributed by atoms with E-state index in [9.17, 15) is 9.90 Å². The molecule has 3 aromatic rings. The van der Waals surface area contributed by atoms with Crippen LogP contribution in [0.4, 0.5) is 0 Å². The molecule has 2 heterocycles. The zero-order chi connectivity index (χ0) is 13.4. The number of nitrogens with zero attached hydrogens (tertiary/aromatic N) is 1. The molecule has 4 nitrogen and oxygen atoms in total. The Morgan fingerprint density at radius 1 is 1.26 bits per heavy atom. The van der Waals surface area contributed by atoms with Crippen molar-refractivity contribution in [1.82, 2.24) is 4.98 Å². The van der Waals surface area contributed by atoms with Gasteiger partial charge in [0, 0.05) is 5.39 Å². The molecule has 5 heteroatoms. The Balaban J connectivity index is 2.38. The number of carbonyl (C=O) groups is 1. The van der Waals surface area contributed by atoms with E-state index in [1.54, 1.807) is 30.3 Å². The number of fused-ring (bicyclic) bond motifs is 1. The maximum atomic E-state index is 11.3. The minimum Gasteiger partial charge on any atom is -0.478 e. The average Bonchev–Trinajstić information content (AvgIpc) is 2.92. The lowest BCUT2D eigenvalue weighted by Crippen LogP contribution is -2.00. The fraction of sp³-hybridized carbons (Fsp3) is 0. The molecule has 0 fully saturated rings. The predicted molar refractivity (Wildman–Crippen MR) is 71.4 cm³/mol. The van der Waals surface area contributed by atoms with Crippen molar-refractivity contribution in [2.75, 3.05) is 0 Å². The molecular weight excluding hydrogens is 266 g/mol. The van der Waals surface area contributed by atoms with Crippen LogP contribution in [0.3, 0.4) is 0 Å². The molecule has 1 N–H and O–H groups in total. The maximum Gasteiger partial charge on any atom is 0.336 e. The summed E-state index contributed by atoms with van der Waals surface area (Å²) in [5.74, 6) is -0.521. The van der Waals surface area contributed by atoms with E-state index >= 15 is 0 Å². The lowest BCUT2D eigenvalue weighted by Gasteiger charge is -2.06. The predicted octanol–water partition coefficient (Wildman–Crippen LogP) is 3.85. The normalized spacial score (nSPS) is 10.8. The van der Waals surface area contributed by atoms with Gasteiger partial charge in [0.1, 0.15) is 5.69 Å². The first kappa shape index (κ1) is 11.7. The number of carboxylic acid groups (broad SMARTS) is 1. The fourth-order valence-corrected chi connectivity index (χ4v) is 2.16. The van der Waals surface area contributed by atoms with E-state index in [4.69, 9.17) is 16.0 Å². The van der Waals surface area contributed by atoms with E-state index < -0.39 is 5.97 Å². The number of pyridine rings is 1. The molecule has 0 radical (unpaired) electrons. The van der Waals surface area contributed by atoms with Gasteiger partial charge in [-0.3, -0.25) is 0 Å². The van der Waals surface area contributed by atoms with Gasteiger partial charge in [-0.15, -0.1) is 0 Å². The molecule has 0 aliphatic heterocycles. The molecule has 0 amide bonds. The van der Waals surface area contributed by atoms with Crippen molar-refractivity contribution < 1.29 is 14.3 Å². The first-order chi connectivity index (χ1) is 9.16. The van der Waals surface area contributed by atoms with Crippen LogP contribution < -0.4 is 0 Å². The van der Waals surface area contributed by atoms with E-state index in [0.717, 1.165) is 0 Å². The molecule has 3 rings (SSSR count). The van der Waals surface area contributed by atoms with Crippen molar-refractivity contribution in [3.63, 3.8) is 0 Å². The second kappa shape index (κ2) is 4.40. The minimum absolute atomic E-state index is 0.152. The number of furan rings is 1. The summed E-state index contributed by atoms with van der Waals surface area (Å²) in [6.45, 7) is 0. The van der Waals surface area contributed by atoms with E-state index in [0.29, 0.717) is 27.4 Å². The second-order valence-electron chi connectivity index (χ2n) is 3.97. The molecule has 1 aromatic carbocycles. The molecule has 0 aliphatic rings. The molecule has 0 bridgehead atoms. The average molecular weight is 274 g/mol. The highest BCUT2D eigenvalue weighted by Gasteiger charge is 2.15. The zero-order valence-electron chi connectivity index (χ0n) is 9.63. The van der Waals surface area contributed by atoms with Crippen LogP contribution in [-0.2, 0) is 0 Å². The van der Waals surface area contributed by atoms with Crippen LogP contribution in [0.5, 0.6) is 0 Å². The van der Waals surface area contributed by atoms with Gasteiger partial charge in [0.25, 0.3) is 0 Å². The molecule has 94 valence electrons. The second-order valence-corrected chi connectivity index (χ2v) is 4.38. The SMILES string of the molecule is O=C(O)c1cc(-c2ccco2)nc2c(Cl)cccc12. The Hall–Kier alpha value is -2.33. The number of hydrogen-bond acceptors (Lipinski definition) is 3. The van der Waals surface area contributed by atoms with E-state index in [2.05, 4.69) is 4.98 Å². The van der Waals surface area contributed by atoms with Crippen LogP contribution in [-0.4, -0.2) is 16.1 Å². The number of aromatic carboxylic acids is 1. The van der Waals surface area contributed by atoms with Gasteiger partial charge >= 0.3 is 5.97 Å². The summed E-state index contributed by atoms with van der Waals surface area (Å²) in [5.41, 5.74) is 1.05. The monoisotopic (exact) mass is 273 g/mol. The summed E-state index contributed by atoms with van der Waals surface area (Å²) in [6, 6.07) is 9.98. The Morgan fingerprint density at radius 3 is 2.79 bits per heavy atom. The lowest BCUT2D eigenvalue weighted by molar-refractivity contribution is 0.0699. The van der Waals surface area contributed by atoms with Gasteiger partial charge in [0.15, 0.2) is 5.76 Å². The molecule has 0 saturated heterocycles. The molecule has 19 heavy (non-hydrogen) atoms. The van der Waals surface area contributed by atoms with E-state index in [1.165, 1.54) is 12.3 Å². The number of aromatic nitrogens is 1. The van der Waals surface area contributed by atoms with Gasteiger partial charge in [-0.25, -0.2) is 9.78 Å². The van der Waals surface area contributed by atoms with Gasteiger partial charge < -0.3 is 9.52 Å². The molecule has 0 spiro atoms. The smallest absolute Gasteiger partial charge is 0.336 e. The maximum absolute atomic E-state index is 11.3. The number of hydrogen-bond donors (Lipinski definition) is 1. The Kier molecular flexibility index (Phi) is 2.72. The van der Waals surface area contributed by atoms with Gasteiger partial charge in [0.2, 0.25) is 0 Å². The van der Waals surface area contributed by atoms with Gasteiger partial charge in [-0.1, -0.05) is 23.7 Å². The van der Waals surface area contributed by atoms with Crippen molar-refractivity contribution >= 4 is 28.5 Å². The van der Waals surface area contributed by atoms with Crippen molar-refractivity contribution in [1.29, 1.82) is 0 Å². The number of benzene rings is 1. The standard InChI is InChI=1S/C14H8ClNO3/c15-10-4-1-3-8-9(14(17)18)7-11(16-13(8)10)12-5-2-6-19-12/h1-7H,(H,17,18). The van der Waals surface area contributed by atoms with Crippen LogP contribution in [0, 0.1) is 0 Å². The zero-order valence-corrected chi connectivity index (χ0v) is 10.4. The van der Waals surface area contributed by atoms with Crippen LogP contribution in [0.25, 0.3) is 22.4 Å². The third kappa shape index (κ3) is 1.96. The van der Waals surface area contributed by atoms with Crippen LogP contribution in [0.1, 0.15) is 10.4 Å². The third-order valence-corrected chi connectivity index (χ3v) is 3.10. The van der Waals surface area contributed by atoms with E-state index in [-0.39, 0.29) is 5.56 Å². The molecule has 0 saturated carbocycles. The highest BCUT2D eigenvalue weighted by atomic mass is 35.5. The van der Waals surface area contributed by atoms with Gasteiger partial charge in [-0.2, -0.15) is 0 Å². The molecule has 2 aromatic heterocycles. The minimum atomic E-state index is -1.03. The Morgan fingerprint density at radius 2 is 2.11 bits per heavy atom. The first-order valence-corrected chi connectivity index (χ1v) is 5.91. The summed E-state index contributed by atoms with van der Waals surface area (Å²) in [6.07, 6.45) is 1.51. The number of rotatable bonds is 2. The van der Waals surface area contributed by atoms with Crippen molar-refractivity contribution in [2.24, 2.45) is 0 Å².